The molecule has 1 atom stereocenters. The fraction of sp³-hybridized carbons (Fsp3) is 0.900. The Balaban J connectivity index is 2.18. The molecule has 1 saturated heterocycles. The van der Waals surface area contributed by atoms with E-state index < -0.39 is 10.0 Å². The molecule has 0 saturated carbocycles. The molecule has 0 spiro atoms. The molecule has 1 aliphatic rings. The molecule has 0 aromatic carbocycles. The van der Waals surface area contributed by atoms with Crippen LogP contribution in [0.3, 0.4) is 0 Å². The van der Waals surface area contributed by atoms with Crippen molar-refractivity contribution in [1.29, 1.82) is 0 Å². The van der Waals surface area contributed by atoms with Gasteiger partial charge in [0.2, 0.25) is 10.0 Å². The molecular formula is C10H19NO4S2. The minimum atomic E-state index is -3.24. The SMILES string of the molecule is COC(=O)CCCS(=O)(=O)NCC1CCSC1. The van der Waals surface area contributed by atoms with Crippen LogP contribution in [0.15, 0.2) is 0 Å². The number of methoxy groups -OCH3 is 1. The first-order valence-electron chi connectivity index (χ1n) is 5.65. The highest BCUT2D eigenvalue weighted by molar-refractivity contribution is 7.99. The van der Waals surface area contributed by atoms with E-state index in [4.69, 9.17) is 0 Å². The minimum Gasteiger partial charge on any atom is -0.469 e. The van der Waals surface area contributed by atoms with E-state index in [0.717, 1.165) is 17.9 Å². The number of nitrogens with one attached hydrogen (secondary N) is 1. The number of hydrogen-bond donors (Lipinski definition) is 1. The van der Waals surface area contributed by atoms with E-state index in [0.29, 0.717) is 18.9 Å². The summed E-state index contributed by atoms with van der Waals surface area (Å²) in [5, 5.41) is 0. The van der Waals surface area contributed by atoms with Gasteiger partial charge in [-0.15, -0.1) is 0 Å². The van der Waals surface area contributed by atoms with Crippen LogP contribution in [0.5, 0.6) is 0 Å². The fourth-order valence-electron chi connectivity index (χ4n) is 1.57. The zero-order valence-electron chi connectivity index (χ0n) is 9.98. The Morgan fingerprint density at radius 2 is 2.29 bits per heavy atom. The Kier molecular flexibility index (Phi) is 6.29. The molecule has 0 aromatic rings. The molecule has 1 N–H and O–H groups in total. The highest BCUT2D eigenvalue weighted by atomic mass is 32.2. The topological polar surface area (TPSA) is 72.5 Å². The lowest BCUT2D eigenvalue weighted by atomic mass is 10.1. The molecule has 7 heteroatoms. The summed E-state index contributed by atoms with van der Waals surface area (Å²) in [6.45, 7) is 0.521. The van der Waals surface area contributed by atoms with Crippen LogP contribution in [0.25, 0.3) is 0 Å². The van der Waals surface area contributed by atoms with Gasteiger partial charge >= 0.3 is 5.97 Å². The van der Waals surface area contributed by atoms with Crippen LogP contribution >= 0.6 is 11.8 Å². The summed E-state index contributed by atoms with van der Waals surface area (Å²) in [7, 11) is -1.94. The molecule has 0 bridgehead atoms. The molecule has 0 amide bonds. The Hall–Kier alpha value is -0.270. The van der Waals surface area contributed by atoms with Gasteiger partial charge in [-0.25, -0.2) is 13.1 Å². The van der Waals surface area contributed by atoms with Crippen LogP contribution in [0.4, 0.5) is 0 Å². The quantitative estimate of drug-likeness (QED) is 0.692. The molecular weight excluding hydrogens is 262 g/mol. The number of rotatable bonds is 7. The fourth-order valence-corrected chi connectivity index (χ4v) is 4.01. The van der Waals surface area contributed by atoms with Crippen LogP contribution in [-0.2, 0) is 19.6 Å². The summed E-state index contributed by atoms with van der Waals surface area (Å²) in [5.74, 6) is 2.23. The molecule has 1 aliphatic heterocycles. The molecule has 100 valence electrons. The zero-order valence-corrected chi connectivity index (χ0v) is 11.6. The first kappa shape index (κ1) is 14.8. The van der Waals surface area contributed by atoms with Gasteiger partial charge in [-0.05, 0) is 30.3 Å². The molecule has 17 heavy (non-hydrogen) atoms. The monoisotopic (exact) mass is 281 g/mol. The number of sulfonamides is 1. The first-order chi connectivity index (χ1) is 8.03. The summed E-state index contributed by atoms with van der Waals surface area (Å²) in [4.78, 5) is 10.8. The van der Waals surface area contributed by atoms with E-state index in [2.05, 4.69) is 9.46 Å². The van der Waals surface area contributed by atoms with Crippen molar-refractivity contribution in [3.8, 4) is 0 Å². The third-order valence-electron chi connectivity index (χ3n) is 2.64. The standard InChI is InChI=1S/C10H19NO4S2/c1-15-10(12)3-2-6-17(13,14)11-7-9-4-5-16-8-9/h9,11H,2-8H2,1H3. The van der Waals surface area contributed by atoms with Crippen LogP contribution < -0.4 is 4.72 Å². The van der Waals surface area contributed by atoms with Gasteiger partial charge in [-0.1, -0.05) is 0 Å². The third kappa shape index (κ3) is 6.28. The summed E-state index contributed by atoms with van der Waals surface area (Å²) >= 11 is 1.86. The van der Waals surface area contributed by atoms with E-state index in [1.54, 1.807) is 0 Å². The highest BCUT2D eigenvalue weighted by Crippen LogP contribution is 2.22. The lowest BCUT2D eigenvalue weighted by Crippen LogP contribution is -2.31. The summed E-state index contributed by atoms with van der Waals surface area (Å²) in [6, 6.07) is 0. The lowest BCUT2D eigenvalue weighted by Gasteiger charge is -2.10. The molecule has 5 nitrogen and oxygen atoms in total. The number of hydrogen-bond acceptors (Lipinski definition) is 5. The van der Waals surface area contributed by atoms with Crippen molar-refractivity contribution < 1.29 is 17.9 Å². The minimum absolute atomic E-state index is 0.0119. The van der Waals surface area contributed by atoms with E-state index in [-0.39, 0.29) is 18.1 Å². The van der Waals surface area contributed by atoms with E-state index >= 15 is 0 Å². The van der Waals surface area contributed by atoms with Crippen molar-refractivity contribution >= 4 is 27.8 Å². The van der Waals surface area contributed by atoms with E-state index in [1.165, 1.54) is 7.11 Å². The number of carbonyl (C=O) groups is 1. The van der Waals surface area contributed by atoms with Crippen molar-refractivity contribution in [2.75, 3.05) is 30.9 Å². The van der Waals surface area contributed by atoms with Crippen molar-refractivity contribution in [3.05, 3.63) is 0 Å². The largest absolute Gasteiger partial charge is 0.469 e. The third-order valence-corrected chi connectivity index (χ3v) is 5.30. The van der Waals surface area contributed by atoms with Gasteiger partial charge < -0.3 is 4.74 Å². The van der Waals surface area contributed by atoms with E-state index in [1.807, 2.05) is 11.8 Å². The maximum absolute atomic E-state index is 11.6. The highest BCUT2D eigenvalue weighted by Gasteiger charge is 2.18. The van der Waals surface area contributed by atoms with Gasteiger partial charge in [-0.2, -0.15) is 11.8 Å². The molecule has 0 radical (unpaired) electrons. The second-order valence-electron chi connectivity index (χ2n) is 4.08. The average molecular weight is 281 g/mol. The average Bonchev–Trinajstić information content (AvgIpc) is 2.79. The molecule has 1 heterocycles. The van der Waals surface area contributed by atoms with Crippen molar-refractivity contribution in [2.45, 2.75) is 19.3 Å². The van der Waals surface area contributed by atoms with Crippen LogP contribution in [0.1, 0.15) is 19.3 Å². The second-order valence-corrected chi connectivity index (χ2v) is 7.15. The number of ether oxygens (including phenoxy) is 1. The molecule has 1 rings (SSSR count). The lowest BCUT2D eigenvalue weighted by molar-refractivity contribution is -0.140. The first-order valence-corrected chi connectivity index (χ1v) is 8.46. The Bertz CT molecular complexity index is 336. The van der Waals surface area contributed by atoms with Gasteiger partial charge in [0.1, 0.15) is 0 Å². The van der Waals surface area contributed by atoms with Gasteiger partial charge in [0.15, 0.2) is 0 Å². The molecule has 0 aliphatic carbocycles. The maximum atomic E-state index is 11.6. The smallest absolute Gasteiger partial charge is 0.305 e. The Morgan fingerprint density at radius 1 is 1.53 bits per heavy atom. The summed E-state index contributed by atoms with van der Waals surface area (Å²) in [6.07, 6.45) is 1.54. The summed E-state index contributed by atoms with van der Waals surface area (Å²) < 4.78 is 30.2. The van der Waals surface area contributed by atoms with Crippen LogP contribution in [-0.4, -0.2) is 45.3 Å². The zero-order chi connectivity index (χ0) is 12.7. The molecule has 1 fully saturated rings. The number of carbonyl (C=O) groups excluding carboxylic acids is 1. The van der Waals surface area contributed by atoms with Crippen molar-refractivity contribution in [1.82, 2.24) is 4.72 Å². The van der Waals surface area contributed by atoms with Crippen LogP contribution in [0, 0.1) is 5.92 Å². The van der Waals surface area contributed by atoms with Gasteiger partial charge in [0.05, 0.1) is 12.9 Å². The Morgan fingerprint density at radius 3 is 2.88 bits per heavy atom. The maximum Gasteiger partial charge on any atom is 0.305 e. The van der Waals surface area contributed by atoms with Gasteiger partial charge in [-0.3, -0.25) is 4.79 Å². The van der Waals surface area contributed by atoms with Gasteiger partial charge in [0.25, 0.3) is 0 Å². The number of esters is 1. The van der Waals surface area contributed by atoms with Crippen LogP contribution in [0.2, 0.25) is 0 Å². The normalized spacial score (nSPS) is 20.4. The second kappa shape index (κ2) is 7.23. The number of thioether (sulfide) groups is 1. The molecule has 1 unspecified atom stereocenters. The van der Waals surface area contributed by atoms with Crippen molar-refractivity contribution in [2.24, 2.45) is 5.92 Å². The predicted octanol–water partition coefficient (Wildman–Crippen LogP) is 0.612. The summed E-state index contributed by atoms with van der Waals surface area (Å²) in [5.41, 5.74) is 0. The predicted molar refractivity (Wildman–Crippen MR) is 68.5 cm³/mol. The van der Waals surface area contributed by atoms with Crippen molar-refractivity contribution in [3.63, 3.8) is 0 Å². The van der Waals surface area contributed by atoms with E-state index in [9.17, 15) is 13.2 Å². The van der Waals surface area contributed by atoms with Gasteiger partial charge in [0, 0.05) is 13.0 Å². The Labute approximate surface area is 107 Å². The molecule has 0 aromatic heterocycles.